The standard InChI is InChI=1S/C15H15F3I3NO6S/c1-22(14(24)9-5-8(19)6-10(20)13(9)21)4-2-3-12(23)28-11(15(16,17)18)7-29(25,26)27/h5-6,11H,2-4,7H2,1H3,(H,25,26,27). The van der Waals surface area contributed by atoms with Crippen LogP contribution in [0, 0.1) is 10.7 Å². The summed E-state index contributed by atoms with van der Waals surface area (Å²) in [6, 6.07) is 3.61. The highest BCUT2D eigenvalue weighted by Gasteiger charge is 2.45. The summed E-state index contributed by atoms with van der Waals surface area (Å²) in [5, 5.41) is 0. The van der Waals surface area contributed by atoms with Gasteiger partial charge >= 0.3 is 12.1 Å². The van der Waals surface area contributed by atoms with E-state index >= 15 is 0 Å². The summed E-state index contributed by atoms with van der Waals surface area (Å²) < 4.78 is 74.9. The predicted molar refractivity (Wildman–Crippen MR) is 123 cm³/mol. The molecular weight excluding hydrogens is 760 g/mol. The van der Waals surface area contributed by atoms with Gasteiger partial charge in [0.1, 0.15) is 5.75 Å². The summed E-state index contributed by atoms with van der Waals surface area (Å²) in [5.74, 6) is -3.36. The number of carbonyl (C=O) groups is 2. The third kappa shape index (κ3) is 9.38. The van der Waals surface area contributed by atoms with Crippen LogP contribution in [-0.2, 0) is 19.6 Å². The molecule has 7 nitrogen and oxygen atoms in total. The van der Waals surface area contributed by atoms with Gasteiger partial charge in [-0.2, -0.15) is 21.6 Å². The molecule has 164 valence electrons. The number of alkyl halides is 3. The van der Waals surface area contributed by atoms with Gasteiger partial charge in [0.15, 0.2) is 0 Å². The number of rotatable bonds is 8. The van der Waals surface area contributed by atoms with Crippen LogP contribution in [0.2, 0.25) is 0 Å². The maximum atomic E-state index is 12.8. The highest BCUT2D eigenvalue weighted by atomic mass is 127. The van der Waals surface area contributed by atoms with Crippen LogP contribution in [0.1, 0.15) is 23.2 Å². The number of hydrogen-bond donors (Lipinski definition) is 1. The Morgan fingerprint density at radius 2 is 1.83 bits per heavy atom. The molecule has 1 rings (SSSR count). The first-order valence-corrected chi connectivity index (χ1v) is 12.6. The quantitative estimate of drug-likeness (QED) is 0.187. The maximum Gasteiger partial charge on any atom is 0.426 e. The number of hydrogen-bond acceptors (Lipinski definition) is 5. The zero-order valence-electron chi connectivity index (χ0n) is 14.7. The number of ether oxygens (including phenoxy) is 1. The fourth-order valence-electron chi connectivity index (χ4n) is 2.08. The van der Waals surface area contributed by atoms with E-state index in [1.165, 1.54) is 11.9 Å². The second kappa shape index (κ2) is 11.1. The summed E-state index contributed by atoms with van der Waals surface area (Å²) in [4.78, 5) is 25.5. The van der Waals surface area contributed by atoms with Crippen molar-refractivity contribution in [3.63, 3.8) is 0 Å². The Morgan fingerprint density at radius 1 is 1.24 bits per heavy atom. The summed E-state index contributed by atoms with van der Waals surface area (Å²) in [6.45, 7) is 0.0705. The lowest BCUT2D eigenvalue weighted by molar-refractivity contribution is -0.215. The number of halogens is 6. The molecule has 0 bridgehead atoms. The average molecular weight is 775 g/mol. The van der Waals surface area contributed by atoms with E-state index in [9.17, 15) is 31.2 Å². The Balaban J connectivity index is 2.66. The van der Waals surface area contributed by atoms with Crippen molar-refractivity contribution in [1.29, 1.82) is 0 Å². The van der Waals surface area contributed by atoms with Crippen molar-refractivity contribution in [3.8, 4) is 0 Å². The molecule has 14 heteroatoms. The molecule has 0 aliphatic carbocycles. The van der Waals surface area contributed by atoms with Crippen molar-refractivity contribution < 1.29 is 40.5 Å². The molecule has 1 N–H and O–H groups in total. The van der Waals surface area contributed by atoms with Crippen molar-refractivity contribution in [3.05, 3.63) is 28.4 Å². The average Bonchev–Trinajstić information content (AvgIpc) is 2.54. The second-order valence-electron chi connectivity index (χ2n) is 5.85. The zero-order chi connectivity index (χ0) is 22.6. The Kier molecular flexibility index (Phi) is 10.3. The number of nitrogens with zero attached hydrogens (tertiary/aromatic N) is 1. The molecule has 0 aliphatic rings. The molecule has 1 amide bonds. The minimum absolute atomic E-state index is 0.00905. The third-order valence-electron chi connectivity index (χ3n) is 3.45. The molecule has 0 radical (unpaired) electrons. The molecule has 29 heavy (non-hydrogen) atoms. The lowest BCUT2D eigenvalue weighted by Crippen LogP contribution is -2.39. The van der Waals surface area contributed by atoms with Gasteiger partial charge in [-0.1, -0.05) is 0 Å². The largest absolute Gasteiger partial charge is 0.451 e. The van der Waals surface area contributed by atoms with Crippen LogP contribution in [0.25, 0.3) is 0 Å². The van der Waals surface area contributed by atoms with Gasteiger partial charge in [-0.3, -0.25) is 14.1 Å². The second-order valence-corrected chi connectivity index (χ2v) is 10.8. The minimum Gasteiger partial charge on any atom is -0.451 e. The third-order valence-corrected chi connectivity index (χ3v) is 7.84. The first-order valence-electron chi connectivity index (χ1n) is 7.73. The number of carbonyl (C=O) groups excluding carboxylic acids is 2. The number of benzene rings is 1. The normalized spacial score (nSPS) is 13.1. The maximum absolute atomic E-state index is 12.8. The van der Waals surface area contributed by atoms with Crippen molar-refractivity contribution in [2.45, 2.75) is 25.1 Å². The van der Waals surface area contributed by atoms with E-state index < -0.39 is 40.5 Å². The van der Waals surface area contributed by atoms with Crippen LogP contribution in [-0.4, -0.2) is 61.4 Å². The summed E-state index contributed by atoms with van der Waals surface area (Å²) in [6.07, 6.45) is -8.55. The fourth-order valence-corrected chi connectivity index (χ4v) is 5.11. The molecule has 0 saturated heterocycles. The number of esters is 1. The Bertz CT molecular complexity index is 879. The molecule has 1 unspecified atom stereocenters. The Labute approximate surface area is 206 Å². The van der Waals surface area contributed by atoms with E-state index in [0.717, 1.165) is 10.7 Å². The van der Waals surface area contributed by atoms with Crippen LogP contribution < -0.4 is 0 Å². The first-order chi connectivity index (χ1) is 13.1. The lowest BCUT2D eigenvalue weighted by atomic mass is 10.2. The van der Waals surface area contributed by atoms with E-state index in [1.54, 1.807) is 6.07 Å². The van der Waals surface area contributed by atoms with Gasteiger partial charge in [0, 0.05) is 30.7 Å². The van der Waals surface area contributed by atoms with Gasteiger partial charge in [-0.05, 0) is 86.3 Å². The highest BCUT2D eigenvalue weighted by molar-refractivity contribution is 14.1. The van der Waals surface area contributed by atoms with Crippen molar-refractivity contribution in [2.75, 3.05) is 19.3 Å². The summed E-state index contributed by atoms with van der Waals surface area (Å²) in [5.41, 5.74) is 0.470. The molecule has 0 saturated carbocycles. The van der Waals surface area contributed by atoms with Gasteiger partial charge in [-0.15, -0.1) is 0 Å². The molecule has 1 aromatic rings. The van der Waals surface area contributed by atoms with Gasteiger partial charge < -0.3 is 9.64 Å². The van der Waals surface area contributed by atoms with Crippen LogP contribution in [0.5, 0.6) is 0 Å². The van der Waals surface area contributed by atoms with E-state index in [1.807, 2.05) is 28.7 Å². The highest BCUT2D eigenvalue weighted by Crippen LogP contribution is 2.25. The van der Waals surface area contributed by atoms with Crippen LogP contribution in [0.3, 0.4) is 0 Å². The van der Waals surface area contributed by atoms with E-state index in [4.69, 9.17) is 4.55 Å². The van der Waals surface area contributed by atoms with Gasteiger partial charge in [0.2, 0.25) is 6.10 Å². The molecule has 0 aliphatic heterocycles. The SMILES string of the molecule is CN(CCCC(=O)OC(CS(=O)(=O)O)C(F)(F)F)C(=O)c1cc(I)cc(I)c1I. The topological polar surface area (TPSA) is 101 Å². The van der Waals surface area contributed by atoms with E-state index in [-0.39, 0.29) is 18.9 Å². The smallest absolute Gasteiger partial charge is 0.426 e. The van der Waals surface area contributed by atoms with Gasteiger partial charge in [0.05, 0.1) is 5.56 Å². The molecule has 1 aromatic carbocycles. The predicted octanol–water partition coefficient (Wildman–Crippen LogP) is 3.71. The molecule has 0 aromatic heterocycles. The zero-order valence-corrected chi connectivity index (χ0v) is 22.0. The van der Waals surface area contributed by atoms with Crippen molar-refractivity contribution >= 4 is 89.8 Å². The molecule has 0 fully saturated rings. The fraction of sp³-hybridized carbons (Fsp3) is 0.467. The van der Waals surface area contributed by atoms with E-state index in [0.29, 0.717) is 5.56 Å². The molecule has 1 atom stereocenters. The molecule has 0 spiro atoms. The van der Waals surface area contributed by atoms with E-state index in [2.05, 4.69) is 49.9 Å². The van der Waals surface area contributed by atoms with Crippen molar-refractivity contribution in [2.24, 2.45) is 0 Å². The van der Waals surface area contributed by atoms with Gasteiger partial charge in [0.25, 0.3) is 16.0 Å². The monoisotopic (exact) mass is 775 g/mol. The van der Waals surface area contributed by atoms with Crippen molar-refractivity contribution in [1.82, 2.24) is 4.90 Å². The van der Waals surface area contributed by atoms with Crippen LogP contribution >= 0.6 is 67.8 Å². The Hall–Kier alpha value is 0.0500. The number of amides is 1. The first kappa shape index (κ1) is 27.1. The summed E-state index contributed by atoms with van der Waals surface area (Å²) >= 11 is 6.22. The molecular formula is C15H15F3I3NO6S. The minimum atomic E-state index is -5.14. The van der Waals surface area contributed by atoms with Gasteiger partial charge in [-0.25, -0.2) is 0 Å². The summed E-state index contributed by atoms with van der Waals surface area (Å²) in [7, 11) is -3.50. The Morgan fingerprint density at radius 3 is 2.34 bits per heavy atom. The lowest BCUT2D eigenvalue weighted by Gasteiger charge is -2.20. The van der Waals surface area contributed by atoms with Crippen LogP contribution in [0.15, 0.2) is 12.1 Å². The molecule has 0 heterocycles. The van der Waals surface area contributed by atoms with Crippen LogP contribution in [0.4, 0.5) is 13.2 Å².